The first-order valence-corrected chi connectivity index (χ1v) is 10.9. The van der Waals surface area contributed by atoms with Crippen LogP contribution in [0.1, 0.15) is 40.3 Å². The average Bonchev–Trinajstić information content (AvgIpc) is 3.07. The maximum Gasteiger partial charge on any atom is 0.254 e. The molecule has 2 saturated heterocycles. The van der Waals surface area contributed by atoms with Gasteiger partial charge in [0.2, 0.25) is 5.95 Å². The number of amides is 1. The van der Waals surface area contributed by atoms with Gasteiger partial charge in [0.1, 0.15) is 11.8 Å². The van der Waals surface area contributed by atoms with Gasteiger partial charge in [-0.2, -0.15) is 5.26 Å². The van der Waals surface area contributed by atoms with Gasteiger partial charge in [0.15, 0.2) is 0 Å². The van der Waals surface area contributed by atoms with Crippen molar-refractivity contribution in [2.24, 2.45) is 0 Å². The van der Waals surface area contributed by atoms with Crippen LogP contribution in [-0.2, 0) is 0 Å². The van der Waals surface area contributed by atoms with Crippen LogP contribution >= 0.6 is 0 Å². The number of hydrogen-bond donors (Lipinski definition) is 0. The van der Waals surface area contributed by atoms with Crippen molar-refractivity contribution in [3.8, 4) is 17.3 Å². The van der Waals surface area contributed by atoms with Gasteiger partial charge in [-0.05, 0) is 51.0 Å². The molecule has 7 heteroatoms. The Morgan fingerprint density at radius 1 is 0.969 bits per heavy atom. The highest BCUT2D eigenvalue weighted by Gasteiger charge is 2.43. The first kappa shape index (κ1) is 20.1. The molecule has 0 radical (unpaired) electrons. The van der Waals surface area contributed by atoms with Gasteiger partial charge in [-0.25, -0.2) is 15.0 Å². The Labute approximate surface area is 187 Å². The number of aromatic nitrogens is 3. The van der Waals surface area contributed by atoms with Gasteiger partial charge in [-0.15, -0.1) is 0 Å². The van der Waals surface area contributed by atoms with Crippen LogP contribution in [-0.4, -0.2) is 50.9 Å². The third-order valence-corrected chi connectivity index (χ3v) is 6.27. The number of anilines is 1. The molecule has 0 N–H and O–H groups in total. The van der Waals surface area contributed by atoms with Crippen LogP contribution in [0.15, 0.2) is 48.5 Å². The molecule has 2 aliphatic heterocycles. The highest BCUT2D eigenvalue weighted by atomic mass is 16.2. The smallest absolute Gasteiger partial charge is 0.254 e. The first-order chi connectivity index (χ1) is 15.5. The van der Waals surface area contributed by atoms with Crippen LogP contribution in [0.2, 0.25) is 0 Å². The normalized spacial score (nSPS) is 19.7. The summed E-state index contributed by atoms with van der Waals surface area (Å²) in [5.41, 5.74) is 4.27. The second kappa shape index (κ2) is 8.04. The van der Waals surface area contributed by atoms with Gasteiger partial charge in [0.25, 0.3) is 5.91 Å². The second-order valence-electron chi connectivity index (χ2n) is 8.52. The largest absolute Gasteiger partial charge is 0.334 e. The Morgan fingerprint density at radius 3 is 2.34 bits per heavy atom. The van der Waals surface area contributed by atoms with Crippen LogP contribution in [0.3, 0.4) is 0 Å². The Bertz CT molecular complexity index is 1200. The highest BCUT2D eigenvalue weighted by molar-refractivity contribution is 6.00. The fourth-order valence-electron chi connectivity index (χ4n) is 4.93. The van der Waals surface area contributed by atoms with Crippen molar-refractivity contribution in [1.29, 1.82) is 5.26 Å². The maximum atomic E-state index is 13.6. The molecule has 32 heavy (non-hydrogen) atoms. The highest BCUT2D eigenvalue weighted by Crippen LogP contribution is 2.34. The quantitative estimate of drug-likeness (QED) is 0.639. The summed E-state index contributed by atoms with van der Waals surface area (Å²) in [5, 5.41) is 9.21. The van der Waals surface area contributed by atoms with E-state index in [0.717, 1.165) is 35.7 Å². The molecular weight excluding hydrogens is 400 g/mol. The molecule has 2 bridgehead atoms. The predicted molar refractivity (Wildman–Crippen MR) is 121 cm³/mol. The topological polar surface area (TPSA) is 86.0 Å². The lowest BCUT2D eigenvalue weighted by molar-refractivity contribution is 0.0717. The van der Waals surface area contributed by atoms with Gasteiger partial charge < -0.3 is 9.80 Å². The van der Waals surface area contributed by atoms with E-state index in [2.05, 4.69) is 25.9 Å². The molecule has 2 atom stereocenters. The monoisotopic (exact) mass is 424 g/mol. The van der Waals surface area contributed by atoms with E-state index in [1.54, 1.807) is 12.1 Å². The zero-order valence-electron chi connectivity index (χ0n) is 18.2. The van der Waals surface area contributed by atoms with E-state index in [9.17, 15) is 10.1 Å². The minimum atomic E-state index is 0.00246. The second-order valence-corrected chi connectivity index (χ2v) is 8.52. The van der Waals surface area contributed by atoms with Crippen molar-refractivity contribution in [2.75, 3.05) is 18.0 Å². The summed E-state index contributed by atoms with van der Waals surface area (Å²) in [7, 11) is 0. The van der Waals surface area contributed by atoms with Crippen molar-refractivity contribution in [3.63, 3.8) is 0 Å². The minimum Gasteiger partial charge on any atom is -0.334 e. The number of fused-ring (bicyclic) bond motifs is 2. The molecule has 0 spiro atoms. The number of carbonyl (C=O) groups excluding carboxylic acids is 1. The third kappa shape index (κ3) is 3.58. The summed E-state index contributed by atoms with van der Waals surface area (Å²) in [5.74, 6) is 0.780. The van der Waals surface area contributed by atoms with Crippen LogP contribution in [0.5, 0.6) is 0 Å². The number of benzene rings is 1. The molecule has 1 aromatic carbocycles. The number of likely N-dealkylation sites (tertiary alicyclic amines) is 1. The molecule has 7 nitrogen and oxygen atoms in total. The van der Waals surface area contributed by atoms with E-state index in [1.807, 2.05) is 55.1 Å². The van der Waals surface area contributed by atoms with E-state index in [0.29, 0.717) is 30.0 Å². The van der Waals surface area contributed by atoms with Crippen LogP contribution in [0.25, 0.3) is 11.3 Å². The van der Waals surface area contributed by atoms with E-state index in [-0.39, 0.29) is 18.0 Å². The zero-order valence-corrected chi connectivity index (χ0v) is 18.2. The fraction of sp³-hybridized carbons (Fsp3) is 0.320. The third-order valence-electron chi connectivity index (χ3n) is 6.27. The number of piperazine rings is 1. The molecule has 5 rings (SSSR count). The number of carbonyl (C=O) groups is 1. The summed E-state index contributed by atoms with van der Waals surface area (Å²) in [6.07, 6.45) is 2.05. The lowest BCUT2D eigenvalue weighted by atomic mass is 10.0. The molecule has 2 fully saturated rings. The molecule has 2 aliphatic rings. The average molecular weight is 425 g/mol. The van der Waals surface area contributed by atoms with Crippen LogP contribution < -0.4 is 4.90 Å². The van der Waals surface area contributed by atoms with Gasteiger partial charge in [-0.1, -0.05) is 24.3 Å². The van der Waals surface area contributed by atoms with Gasteiger partial charge in [0, 0.05) is 47.7 Å². The summed E-state index contributed by atoms with van der Waals surface area (Å²) in [6, 6.07) is 17.3. The van der Waals surface area contributed by atoms with Crippen LogP contribution in [0.4, 0.5) is 5.95 Å². The molecule has 4 heterocycles. The number of hydrogen-bond acceptors (Lipinski definition) is 6. The van der Waals surface area contributed by atoms with Crippen molar-refractivity contribution >= 4 is 11.9 Å². The maximum absolute atomic E-state index is 13.6. The number of rotatable bonds is 3. The fourth-order valence-corrected chi connectivity index (χ4v) is 4.93. The molecule has 0 aliphatic carbocycles. The standard InChI is InChI=1S/C25H24N6O/c1-16-12-17(2)28-25(27-16)31-19-10-11-20(31)15-30(14-19)24(32)22-8-4-3-7-21(22)23-9-5-6-18(13-26)29-23/h3-9,12,19-20H,10-11,14-15H2,1-2H3. The van der Waals surface area contributed by atoms with E-state index < -0.39 is 0 Å². The molecule has 1 amide bonds. The summed E-state index contributed by atoms with van der Waals surface area (Å²) in [6.45, 7) is 5.27. The lowest BCUT2D eigenvalue weighted by Gasteiger charge is -2.41. The number of nitriles is 1. The predicted octanol–water partition coefficient (Wildman–Crippen LogP) is 3.52. The number of aryl methyl sites for hydroxylation is 2. The van der Waals surface area contributed by atoms with Gasteiger partial charge in [0.05, 0.1) is 5.69 Å². The Hall–Kier alpha value is -3.79. The van der Waals surface area contributed by atoms with Crippen molar-refractivity contribution in [1.82, 2.24) is 19.9 Å². The molecule has 3 aromatic rings. The molecule has 160 valence electrons. The number of nitrogens with zero attached hydrogens (tertiary/aromatic N) is 6. The van der Waals surface area contributed by atoms with Gasteiger partial charge >= 0.3 is 0 Å². The Morgan fingerprint density at radius 2 is 1.66 bits per heavy atom. The molecule has 2 aromatic heterocycles. The SMILES string of the molecule is Cc1cc(C)nc(N2C3CCC2CN(C(=O)c2ccccc2-c2cccc(C#N)n2)C3)n1. The first-order valence-electron chi connectivity index (χ1n) is 10.9. The zero-order chi connectivity index (χ0) is 22.2. The Balaban J connectivity index is 1.42. The molecule has 0 saturated carbocycles. The van der Waals surface area contributed by atoms with Crippen LogP contribution in [0, 0.1) is 25.2 Å². The Kier molecular flexibility index (Phi) is 5.06. The van der Waals surface area contributed by atoms with E-state index in [4.69, 9.17) is 0 Å². The van der Waals surface area contributed by atoms with E-state index in [1.165, 1.54) is 0 Å². The van der Waals surface area contributed by atoms with Gasteiger partial charge in [-0.3, -0.25) is 4.79 Å². The summed E-state index contributed by atoms with van der Waals surface area (Å²) < 4.78 is 0. The minimum absolute atomic E-state index is 0.00246. The van der Waals surface area contributed by atoms with Crippen molar-refractivity contribution in [2.45, 2.75) is 38.8 Å². The van der Waals surface area contributed by atoms with Crippen molar-refractivity contribution in [3.05, 3.63) is 71.2 Å². The lowest BCUT2D eigenvalue weighted by Crippen LogP contribution is -2.56. The number of pyridine rings is 1. The molecule has 2 unspecified atom stereocenters. The van der Waals surface area contributed by atoms with Crippen molar-refractivity contribution < 1.29 is 4.79 Å². The molecular formula is C25H24N6O. The summed E-state index contributed by atoms with van der Waals surface area (Å²) in [4.78, 5) is 31.6. The van der Waals surface area contributed by atoms with E-state index >= 15 is 0 Å². The summed E-state index contributed by atoms with van der Waals surface area (Å²) >= 11 is 0.